The molecule has 4 heteroatoms. The lowest BCUT2D eigenvalue weighted by Gasteiger charge is -2.09. The van der Waals surface area contributed by atoms with E-state index < -0.39 is 12.2 Å². The standard InChI is InChI=1S/C6H10O4/c1-5(2-7)10-6(3-8)4-9/h2-3,5-6,9H,4H2,1H3/i9D. The molecular formula is C6H10O4. The molecule has 0 spiro atoms. The van der Waals surface area contributed by atoms with Crippen LogP contribution >= 0.6 is 0 Å². The highest BCUT2D eigenvalue weighted by molar-refractivity contribution is 5.59. The molecule has 0 saturated heterocycles. The summed E-state index contributed by atoms with van der Waals surface area (Å²) < 4.78 is 11.1. The first-order valence-electron chi connectivity index (χ1n) is 3.29. The van der Waals surface area contributed by atoms with Crippen LogP contribution in [-0.4, -0.2) is 37.9 Å². The zero-order valence-corrected chi connectivity index (χ0v) is 5.65. The van der Waals surface area contributed by atoms with Crippen molar-refractivity contribution in [2.45, 2.75) is 19.1 Å². The fourth-order valence-corrected chi connectivity index (χ4v) is 0.418. The van der Waals surface area contributed by atoms with E-state index in [1.807, 2.05) is 0 Å². The van der Waals surface area contributed by atoms with Crippen molar-refractivity contribution in [2.75, 3.05) is 6.61 Å². The molecule has 0 aliphatic carbocycles. The molecule has 0 aliphatic heterocycles. The Hall–Kier alpha value is -0.740. The van der Waals surface area contributed by atoms with Crippen molar-refractivity contribution in [3.8, 4) is 0 Å². The lowest BCUT2D eigenvalue weighted by Crippen LogP contribution is -2.25. The van der Waals surface area contributed by atoms with Crippen LogP contribution in [0.5, 0.6) is 0 Å². The molecule has 0 aromatic rings. The normalized spacial score (nSPS) is 17.1. The predicted octanol–water partition coefficient (Wildman–Crippen LogP) is -0.850. The Morgan fingerprint density at radius 3 is 2.80 bits per heavy atom. The van der Waals surface area contributed by atoms with Crippen LogP contribution in [0.3, 0.4) is 0 Å². The van der Waals surface area contributed by atoms with E-state index in [0.29, 0.717) is 12.6 Å². The molecular weight excluding hydrogens is 136 g/mol. The van der Waals surface area contributed by atoms with Crippen LogP contribution in [0, 0.1) is 0 Å². The summed E-state index contributed by atoms with van der Waals surface area (Å²) in [5.74, 6) is 0. The highest BCUT2D eigenvalue weighted by Crippen LogP contribution is 1.91. The van der Waals surface area contributed by atoms with Crippen molar-refractivity contribution >= 4 is 12.6 Å². The van der Waals surface area contributed by atoms with Crippen LogP contribution in [0.25, 0.3) is 0 Å². The Kier molecular flexibility index (Phi) is 3.74. The van der Waals surface area contributed by atoms with Gasteiger partial charge in [-0.1, -0.05) is 0 Å². The van der Waals surface area contributed by atoms with Crippen LogP contribution in [-0.2, 0) is 14.3 Å². The first-order valence-corrected chi connectivity index (χ1v) is 2.88. The van der Waals surface area contributed by atoms with Gasteiger partial charge in [0, 0.05) is 0 Å². The molecule has 1 N–H and O–H groups in total. The molecule has 0 amide bonds. The van der Waals surface area contributed by atoms with Crippen LogP contribution in [0.2, 0.25) is 0 Å². The molecule has 0 aromatic carbocycles. The molecule has 4 nitrogen and oxygen atoms in total. The fourth-order valence-electron chi connectivity index (χ4n) is 0.418. The Balaban J connectivity index is 3.66. The topological polar surface area (TPSA) is 63.6 Å². The second kappa shape index (κ2) is 5.08. The molecule has 0 fully saturated rings. The molecule has 0 aliphatic rings. The van der Waals surface area contributed by atoms with Gasteiger partial charge in [-0.05, 0) is 6.92 Å². The van der Waals surface area contributed by atoms with Crippen molar-refractivity contribution in [3.05, 3.63) is 0 Å². The van der Waals surface area contributed by atoms with Gasteiger partial charge in [0.15, 0.2) is 6.29 Å². The van der Waals surface area contributed by atoms with Gasteiger partial charge in [0.25, 0.3) is 0 Å². The number of aliphatic hydroxyl groups excluding tert-OH is 1. The molecule has 10 heavy (non-hydrogen) atoms. The maximum Gasteiger partial charge on any atom is 0.210 e. The lowest BCUT2D eigenvalue weighted by molar-refractivity contribution is -0.131. The number of hydrogen-bond donors (Lipinski definition) is 1. The molecule has 58 valence electrons. The van der Waals surface area contributed by atoms with E-state index in [-0.39, 0.29) is 6.61 Å². The van der Waals surface area contributed by atoms with Crippen molar-refractivity contribution in [2.24, 2.45) is 0 Å². The summed E-state index contributed by atoms with van der Waals surface area (Å²) in [7, 11) is 0. The van der Waals surface area contributed by atoms with Gasteiger partial charge in [0.05, 0.1) is 6.61 Å². The summed E-state index contributed by atoms with van der Waals surface area (Å²) in [5, 5.41) is 3.92. The summed E-state index contributed by atoms with van der Waals surface area (Å²) in [6.07, 6.45) is -0.400. The molecule has 0 rings (SSSR count). The second-order valence-electron chi connectivity index (χ2n) is 1.82. The molecule has 0 aromatic heterocycles. The first kappa shape index (κ1) is 7.37. The zero-order chi connectivity index (χ0) is 8.69. The lowest BCUT2D eigenvalue weighted by atomic mass is 10.4. The molecule has 2 unspecified atom stereocenters. The summed E-state index contributed by atoms with van der Waals surface area (Å²) >= 11 is 0. The summed E-state index contributed by atoms with van der Waals surface area (Å²) in [4.78, 5) is 20.2. The molecule has 0 saturated carbocycles. The Morgan fingerprint density at radius 1 is 1.70 bits per heavy atom. The second-order valence-corrected chi connectivity index (χ2v) is 1.82. The van der Waals surface area contributed by atoms with Gasteiger partial charge < -0.3 is 19.4 Å². The summed E-state index contributed by atoms with van der Waals surface area (Å²) in [6.45, 7) is 1.36. The van der Waals surface area contributed by atoms with Crippen LogP contribution in [0.4, 0.5) is 0 Å². The maximum atomic E-state index is 10.1. The SMILES string of the molecule is [2H]OCC(C=O)OC(C)C=O. The van der Waals surface area contributed by atoms with Crippen LogP contribution < -0.4 is 0 Å². The molecule has 0 radical (unpaired) electrons. The van der Waals surface area contributed by atoms with E-state index >= 15 is 0 Å². The van der Waals surface area contributed by atoms with E-state index in [2.05, 4.69) is 5.11 Å². The monoisotopic (exact) mass is 147 g/mol. The van der Waals surface area contributed by atoms with Gasteiger partial charge in [0.2, 0.25) is 1.43 Å². The number of aldehydes is 2. The van der Waals surface area contributed by atoms with E-state index in [0.717, 1.165) is 0 Å². The third kappa shape index (κ3) is 3.32. The minimum atomic E-state index is -0.826. The van der Waals surface area contributed by atoms with Gasteiger partial charge in [-0.2, -0.15) is 0 Å². The Labute approximate surface area is 60.3 Å². The molecule has 2 atom stereocenters. The maximum absolute atomic E-state index is 10.1. The predicted molar refractivity (Wildman–Crippen MR) is 33.5 cm³/mol. The van der Waals surface area contributed by atoms with Gasteiger partial charge in [-0.3, -0.25) is 0 Å². The van der Waals surface area contributed by atoms with Gasteiger partial charge >= 0.3 is 0 Å². The number of hydrogen-bond acceptors (Lipinski definition) is 4. The summed E-state index contributed by atoms with van der Waals surface area (Å²) in [5.41, 5.74) is 0. The molecule has 0 heterocycles. The Bertz CT molecular complexity index is 128. The van der Waals surface area contributed by atoms with E-state index in [9.17, 15) is 9.59 Å². The minimum Gasteiger partial charge on any atom is -0.393 e. The van der Waals surface area contributed by atoms with E-state index in [1.54, 1.807) is 0 Å². The number of ether oxygens (including phenoxy) is 1. The van der Waals surface area contributed by atoms with Crippen molar-refractivity contribution < 1.29 is 19.4 Å². The third-order valence-corrected chi connectivity index (χ3v) is 0.897. The first-order chi connectivity index (χ1) is 5.24. The minimum absolute atomic E-state index is 0.151. The number of rotatable bonds is 6. The number of aliphatic hydroxyl groups is 1. The van der Waals surface area contributed by atoms with E-state index in [1.165, 1.54) is 6.92 Å². The van der Waals surface area contributed by atoms with Crippen molar-refractivity contribution in [1.29, 1.82) is 1.43 Å². The van der Waals surface area contributed by atoms with E-state index in [4.69, 9.17) is 6.17 Å². The largest absolute Gasteiger partial charge is 0.393 e. The van der Waals surface area contributed by atoms with Crippen LogP contribution in [0.1, 0.15) is 6.92 Å². The average Bonchev–Trinajstić information content (AvgIpc) is 2.03. The molecule has 0 bridgehead atoms. The Morgan fingerprint density at radius 2 is 2.40 bits per heavy atom. The quantitative estimate of drug-likeness (QED) is 0.497. The highest BCUT2D eigenvalue weighted by Gasteiger charge is 2.09. The van der Waals surface area contributed by atoms with Crippen LogP contribution in [0.15, 0.2) is 0 Å². The average molecular weight is 147 g/mol. The highest BCUT2D eigenvalue weighted by atomic mass is 16.5. The zero-order valence-electron chi connectivity index (χ0n) is 6.65. The fraction of sp³-hybridized carbons (Fsp3) is 0.667. The van der Waals surface area contributed by atoms with Crippen molar-refractivity contribution in [3.63, 3.8) is 0 Å². The van der Waals surface area contributed by atoms with Gasteiger partial charge in [-0.25, -0.2) is 0 Å². The smallest absolute Gasteiger partial charge is 0.210 e. The summed E-state index contributed by atoms with van der Waals surface area (Å²) in [6, 6.07) is 0. The third-order valence-electron chi connectivity index (χ3n) is 0.897. The van der Waals surface area contributed by atoms with Gasteiger partial charge in [-0.15, -0.1) is 0 Å². The van der Waals surface area contributed by atoms with Crippen molar-refractivity contribution in [1.82, 2.24) is 0 Å². The number of carbonyl (C=O) groups excluding carboxylic acids is 2. The number of carbonyl (C=O) groups is 2. The van der Waals surface area contributed by atoms with Gasteiger partial charge in [0.1, 0.15) is 18.5 Å².